The monoisotopic (exact) mass is 193 g/mol. The number of rotatable bonds is 1. The Morgan fingerprint density at radius 2 is 1.62 bits per heavy atom. The van der Waals surface area contributed by atoms with Crippen molar-refractivity contribution < 1.29 is 25.2 Å². The van der Waals surface area contributed by atoms with Crippen LogP contribution in [0.5, 0.6) is 17.2 Å². The molecule has 0 heterocycles. The molecule has 0 radical (unpaired) electrons. The first-order chi connectivity index (χ1) is 5.52. The summed E-state index contributed by atoms with van der Waals surface area (Å²) in [4.78, 5) is 10.3. The van der Waals surface area contributed by atoms with E-state index in [2.05, 4.69) is 0 Å². The van der Waals surface area contributed by atoms with E-state index in [-0.39, 0.29) is 28.6 Å². The van der Waals surface area contributed by atoms with Crippen molar-refractivity contribution in [1.29, 1.82) is 0 Å². The van der Waals surface area contributed by atoms with Crippen LogP contribution in [-0.2, 0) is 0 Å². The number of hydrogen-bond donors (Lipinski definition) is 3. The molecule has 1 aromatic rings. The number of hydrogen-bond acceptors (Lipinski definition) is 4. The molecule has 0 amide bonds. The second-order valence-corrected chi connectivity index (χ2v) is 2.15. The Hall–Kier alpha value is -1.14. The van der Waals surface area contributed by atoms with Crippen molar-refractivity contribution in [2.75, 3.05) is 0 Å². The number of benzene rings is 1. The molecule has 0 aliphatic rings. The van der Waals surface area contributed by atoms with Crippen LogP contribution in [0.1, 0.15) is 10.4 Å². The third-order valence-electron chi connectivity index (χ3n) is 1.30. The van der Waals surface area contributed by atoms with Gasteiger partial charge in [-0.25, -0.2) is 4.79 Å². The fraction of sp³-hybridized carbons (Fsp3) is 0. The van der Waals surface area contributed by atoms with E-state index in [1.165, 1.54) is 0 Å². The van der Waals surface area contributed by atoms with Crippen molar-refractivity contribution in [2.45, 2.75) is 0 Å². The number of phenols is 2. The summed E-state index contributed by atoms with van der Waals surface area (Å²) in [5, 5.41) is 36.6. The van der Waals surface area contributed by atoms with Crippen LogP contribution >= 0.6 is 0 Å². The molecule has 3 N–H and O–H groups in total. The van der Waals surface area contributed by atoms with Crippen molar-refractivity contribution in [2.24, 2.45) is 0 Å². The first kappa shape index (κ1) is 11.9. The summed E-state index contributed by atoms with van der Waals surface area (Å²) in [6.45, 7) is 0. The minimum Gasteiger partial charge on any atom is -0.867 e. The van der Waals surface area contributed by atoms with E-state index < -0.39 is 23.2 Å². The van der Waals surface area contributed by atoms with Crippen LogP contribution in [0, 0.1) is 0 Å². The van der Waals surface area contributed by atoms with Crippen LogP contribution in [0.2, 0.25) is 0 Å². The molecule has 1 rings (SSSR count). The molecular formula is C7H5MgO5+. The minimum absolute atomic E-state index is 0. The van der Waals surface area contributed by atoms with E-state index in [1.54, 1.807) is 0 Å². The molecule has 0 aromatic heterocycles. The summed E-state index contributed by atoms with van der Waals surface area (Å²) in [6, 6.07) is 1.56. The Kier molecular flexibility index (Phi) is 3.83. The quantitative estimate of drug-likeness (QED) is 0.522. The van der Waals surface area contributed by atoms with Crippen molar-refractivity contribution in [3.05, 3.63) is 17.7 Å². The zero-order valence-corrected chi connectivity index (χ0v) is 7.93. The Bertz CT molecular complexity index is 313. The maximum Gasteiger partial charge on any atom is 2.00 e. The average molecular weight is 193 g/mol. The van der Waals surface area contributed by atoms with E-state index in [9.17, 15) is 9.90 Å². The normalized spacial score (nSPS) is 8.92. The van der Waals surface area contributed by atoms with Crippen molar-refractivity contribution in [3.8, 4) is 17.2 Å². The van der Waals surface area contributed by atoms with Gasteiger partial charge < -0.3 is 20.4 Å². The standard InChI is InChI=1S/C7H6O5.Mg/c8-4-1-3(7(11)12)2-5(9)6(4)10;/h1-2,8-10H,(H,11,12);/q;+2/p-1. The Labute approximate surface area is 89.4 Å². The molecule has 1 aromatic carbocycles. The molecule has 0 aliphatic carbocycles. The molecule has 0 unspecified atom stereocenters. The number of aromatic hydroxyl groups is 2. The summed E-state index contributed by atoms with van der Waals surface area (Å²) >= 11 is 0. The van der Waals surface area contributed by atoms with Crippen LogP contribution in [0.15, 0.2) is 12.1 Å². The molecule has 0 saturated heterocycles. The summed E-state index contributed by atoms with van der Waals surface area (Å²) in [5.41, 5.74) is -0.329. The zero-order valence-electron chi connectivity index (χ0n) is 6.52. The largest absolute Gasteiger partial charge is 2.00 e. The van der Waals surface area contributed by atoms with Crippen LogP contribution < -0.4 is 5.11 Å². The molecule has 0 fully saturated rings. The fourth-order valence-corrected chi connectivity index (χ4v) is 0.722. The Morgan fingerprint density at radius 3 is 1.92 bits per heavy atom. The van der Waals surface area contributed by atoms with Gasteiger partial charge in [-0.15, -0.1) is 0 Å². The third-order valence-corrected chi connectivity index (χ3v) is 1.30. The maximum absolute atomic E-state index is 10.7. The first-order valence-corrected chi connectivity index (χ1v) is 2.98. The average Bonchev–Trinajstić information content (AvgIpc) is 1.99. The van der Waals surface area contributed by atoms with Gasteiger partial charge in [-0.2, -0.15) is 0 Å². The van der Waals surface area contributed by atoms with Crippen molar-refractivity contribution >= 4 is 29.0 Å². The molecule has 0 aliphatic heterocycles. The van der Waals surface area contributed by atoms with Gasteiger partial charge in [-0.1, -0.05) is 0 Å². The number of carbonyl (C=O) groups is 1. The summed E-state index contributed by atoms with van der Waals surface area (Å²) < 4.78 is 0. The van der Waals surface area contributed by atoms with Gasteiger partial charge in [0.2, 0.25) is 0 Å². The Balaban J connectivity index is 0.00000144. The number of carboxylic acid groups (broad SMARTS) is 1. The first-order valence-electron chi connectivity index (χ1n) is 2.98. The number of carboxylic acids is 1. The molecule has 0 atom stereocenters. The predicted molar refractivity (Wildman–Crippen MR) is 41.9 cm³/mol. The maximum atomic E-state index is 10.7. The SMILES string of the molecule is O=C(O)c1cc(O)c([O-])c(O)c1.[Mg+2]. The second-order valence-electron chi connectivity index (χ2n) is 2.15. The van der Waals surface area contributed by atoms with Gasteiger partial charge in [0.25, 0.3) is 0 Å². The molecule has 0 bridgehead atoms. The Morgan fingerprint density at radius 1 is 1.23 bits per heavy atom. The van der Waals surface area contributed by atoms with Gasteiger partial charge >= 0.3 is 29.0 Å². The molecule has 13 heavy (non-hydrogen) atoms. The van der Waals surface area contributed by atoms with E-state index in [4.69, 9.17) is 15.3 Å². The summed E-state index contributed by atoms with van der Waals surface area (Å²) in [6.07, 6.45) is 0. The van der Waals surface area contributed by atoms with Gasteiger partial charge in [0, 0.05) is 0 Å². The van der Waals surface area contributed by atoms with E-state index in [1.807, 2.05) is 0 Å². The second kappa shape index (κ2) is 4.19. The molecule has 64 valence electrons. The van der Waals surface area contributed by atoms with Crippen LogP contribution in [0.25, 0.3) is 0 Å². The molecule has 6 heteroatoms. The van der Waals surface area contributed by atoms with Crippen molar-refractivity contribution in [3.63, 3.8) is 0 Å². The molecular weight excluding hydrogens is 188 g/mol. The number of phenolic OH excluding ortho intramolecular Hbond substituents is 2. The van der Waals surface area contributed by atoms with E-state index in [0.29, 0.717) is 0 Å². The van der Waals surface area contributed by atoms with Crippen LogP contribution in [0.3, 0.4) is 0 Å². The molecule has 0 spiro atoms. The third kappa shape index (κ3) is 2.39. The van der Waals surface area contributed by atoms with Crippen LogP contribution in [-0.4, -0.2) is 44.3 Å². The van der Waals surface area contributed by atoms with Gasteiger partial charge in [-0.3, -0.25) is 0 Å². The van der Waals surface area contributed by atoms with Crippen molar-refractivity contribution in [1.82, 2.24) is 0 Å². The van der Waals surface area contributed by atoms with Gasteiger partial charge in [0.1, 0.15) is 11.5 Å². The topological polar surface area (TPSA) is 101 Å². The zero-order chi connectivity index (χ0) is 9.30. The van der Waals surface area contributed by atoms with Gasteiger partial charge in [-0.05, 0) is 17.9 Å². The van der Waals surface area contributed by atoms with Gasteiger partial charge in [0.05, 0.1) is 5.56 Å². The smallest absolute Gasteiger partial charge is 0.867 e. The predicted octanol–water partition coefficient (Wildman–Crippen LogP) is -0.511. The van der Waals surface area contributed by atoms with Gasteiger partial charge in [0.15, 0.2) is 0 Å². The minimum atomic E-state index is -1.32. The summed E-state index contributed by atoms with van der Waals surface area (Å²) in [5.74, 6) is -3.83. The van der Waals surface area contributed by atoms with E-state index >= 15 is 0 Å². The molecule has 0 saturated carbocycles. The van der Waals surface area contributed by atoms with E-state index in [0.717, 1.165) is 12.1 Å². The van der Waals surface area contributed by atoms with Crippen LogP contribution in [0.4, 0.5) is 0 Å². The number of aromatic carboxylic acids is 1. The molecule has 5 nitrogen and oxygen atoms in total. The summed E-state index contributed by atoms with van der Waals surface area (Å²) in [7, 11) is 0. The fourth-order valence-electron chi connectivity index (χ4n) is 0.722.